The summed E-state index contributed by atoms with van der Waals surface area (Å²) in [6, 6.07) is 105. The van der Waals surface area contributed by atoms with Gasteiger partial charge in [0.2, 0.25) is 5.95 Å². The van der Waals surface area contributed by atoms with Gasteiger partial charge in [-0.2, -0.15) is 4.98 Å². The van der Waals surface area contributed by atoms with Crippen molar-refractivity contribution < 1.29 is 0 Å². The van der Waals surface area contributed by atoms with Crippen molar-refractivity contribution in [2.24, 2.45) is 0 Å². The Morgan fingerprint density at radius 2 is 0.522 bits per heavy atom. The van der Waals surface area contributed by atoms with E-state index in [-0.39, 0.29) is 0 Å². The number of aromatic nitrogens is 5. The summed E-state index contributed by atoms with van der Waals surface area (Å²) in [5.74, 6) is 1.38. The summed E-state index contributed by atoms with van der Waals surface area (Å²) >= 11 is 5.57. The lowest BCUT2D eigenvalue weighted by Gasteiger charge is -2.14. The van der Waals surface area contributed by atoms with Gasteiger partial charge in [0, 0.05) is 110 Å². The van der Waals surface area contributed by atoms with Crippen LogP contribution in [0.25, 0.3) is 188 Å². The maximum Gasteiger partial charge on any atom is 0.237 e. The molecule has 0 saturated heterocycles. The molecule has 0 unspecified atom stereocenters. The zero-order valence-corrected chi connectivity index (χ0v) is 50.5. The molecule has 20 aromatic rings. The minimum Gasteiger partial charge on any atom is -0.309 e. The third-order valence-corrected chi connectivity index (χ3v) is 22.2. The summed E-state index contributed by atoms with van der Waals surface area (Å²) in [5, 5.41) is 14.9. The second-order valence-electron chi connectivity index (χ2n) is 23.6. The van der Waals surface area contributed by atoms with Crippen molar-refractivity contribution in [1.29, 1.82) is 0 Å². The Bertz CT molecular complexity index is 6170. The standard InChI is InChI=1S/C82H47N5S3/c1-7-19-69-56(13-1)62-41-49(52-30-38-78-65(44-52)59-16-4-10-22-75(59)88-78)27-35-72(62)85(69)55-33-25-48(26-34-55)68-47-81(86-70-20-8-2-14-57(70)63-42-50(28-36-73(63)86)53-31-39-79-66(45-53)60-17-5-11-23-76(60)89-79)84-82(83-68)87-71-21-9-3-15-58(71)64-43-51(29-37-74(64)87)54-32-40-80-67(46-54)61-18-6-12-24-77(61)90-80/h1-47H. The molecule has 0 N–H and O–H groups in total. The second kappa shape index (κ2) is 19.2. The Balaban J connectivity index is 0.756. The lowest BCUT2D eigenvalue weighted by molar-refractivity contribution is 0.952. The molecular weight excluding hydrogens is 1150 g/mol. The van der Waals surface area contributed by atoms with E-state index in [0.29, 0.717) is 5.95 Å². The van der Waals surface area contributed by atoms with Gasteiger partial charge in [-0.15, -0.1) is 34.0 Å². The number of thiophene rings is 3. The quantitative estimate of drug-likeness (QED) is 0.160. The molecule has 0 amide bonds. The third-order valence-electron chi connectivity index (χ3n) is 18.7. The van der Waals surface area contributed by atoms with E-state index in [4.69, 9.17) is 9.97 Å². The molecule has 90 heavy (non-hydrogen) atoms. The largest absolute Gasteiger partial charge is 0.309 e. The molecule has 418 valence electrons. The van der Waals surface area contributed by atoms with E-state index in [1.54, 1.807) is 0 Å². The van der Waals surface area contributed by atoms with Crippen molar-refractivity contribution in [2.45, 2.75) is 0 Å². The first kappa shape index (κ1) is 50.0. The minimum atomic E-state index is 0.597. The van der Waals surface area contributed by atoms with Crippen molar-refractivity contribution in [3.63, 3.8) is 0 Å². The molecule has 0 radical (unpaired) electrons. The molecule has 7 heterocycles. The normalized spacial score (nSPS) is 12.2. The van der Waals surface area contributed by atoms with Crippen LogP contribution in [0.2, 0.25) is 0 Å². The SMILES string of the molecule is c1ccc2c(c1)sc1ccc(-c3ccc4c(c3)c3ccccc3n4-c3ccc(-c4cc(-n5c6ccccc6c6cc(-c7ccc8sc9ccccc9c8c7)ccc65)nc(-n5c6ccccc6c6cc(-c7ccc8sc9ccccc9c8c7)ccc65)n4)cc3)cc12. The minimum absolute atomic E-state index is 0.597. The van der Waals surface area contributed by atoms with Gasteiger partial charge < -0.3 is 4.57 Å². The maximum absolute atomic E-state index is 5.71. The number of rotatable bonds is 7. The van der Waals surface area contributed by atoms with Gasteiger partial charge in [-0.25, -0.2) is 4.98 Å². The predicted molar refractivity (Wildman–Crippen MR) is 385 cm³/mol. The number of nitrogens with zero attached hydrogens (tertiary/aromatic N) is 5. The number of hydrogen-bond acceptors (Lipinski definition) is 5. The molecule has 0 aliphatic heterocycles. The van der Waals surface area contributed by atoms with Crippen LogP contribution in [-0.4, -0.2) is 23.7 Å². The van der Waals surface area contributed by atoms with Crippen LogP contribution >= 0.6 is 34.0 Å². The molecule has 0 saturated carbocycles. The van der Waals surface area contributed by atoms with Crippen LogP contribution in [0.15, 0.2) is 285 Å². The van der Waals surface area contributed by atoms with Crippen LogP contribution in [0.3, 0.4) is 0 Å². The summed E-state index contributed by atoms with van der Waals surface area (Å²) in [4.78, 5) is 11.4. The highest BCUT2D eigenvalue weighted by molar-refractivity contribution is 7.26. The Morgan fingerprint density at radius 3 is 0.967 bits per heavy atom. The molecule has 20 rings (SSSR count). The highest BCUT2D eigenvalue weighted by Crippen LogP contribution is 2.44. The van der Waals surface area contributed by atoms with Gasteiger partial charge in [-0.3, -0.25) is 9.13 Å². The molecule has 7 aromatic heterocycles. The van der Waals surface area contributed by atoms with E-state index >= 15 is 0 Å². The van der Waals surface area contributed by atoms with Crippen LogP contribution in [0.1, 0.15) is 0 Å². The molecule has 0 fully saturated rings. The lowest BCUT2D eigenvalue weighted by atomic mass is 10.0. The van der Waals surface area contributed by atoms with Gasteiger partial charge in [0.05, 0.1) is 38.8 Å². The number of hydrogen-bond donors (Lipinski definition) is 0. The van der Waals surface area contributed by atoms with Gasteiger partial charge in [0.25, 0.3) is 0 Å². The van der Waals surface area contributed by atoms with Gasteiger partial charge in [-0.1, -0.05) is 158 Å². The summed E-state index contributed by atoms with van der Waals surface area (Å²) in [5.41, 5.74) is 16.6. The molecule has 13 aromatic carbocycles. The second-order valence-corrected chi connectivity index (χ2v) is 26.9. The average Bonchev–Trinajstić information content (AvgIpc) is 1.84. The summed E-state index contributed by atoms with van der Waals surface area (Å²) in [7, 11) is 0. The zero-order valence-electron chi connectivity index (χ0n) is 48.1. The lowest BCUT2D eigenvalue weighted by Crippen LogP contribution is -2.07. The van der Waals surface area contributed by atoms with Gasteiger partial charge in [0.1, 0.15) is 5.82 Å². The first-order valence-electron chi connectivity index (χ1n) is 30.4. The Labute approximate surface area is 527 Å². The molecule has 5 nitrogen and oxygen atoms in total. The van der Waals surface area contributed by atoms with E-state index in [2.05, 4.69) is 299 Å². The van der Waals surface area contributed by atoms with E-state index in [1.165, 1.54) is 105 Å². The van der Waals surface area contributed by atoms with Crippen LogP contribution < -0.4 is 0 Å². The number of fused-ring (bicyclic) bond motifs is 18. The molecule has 8 heteroatoms. The molecule has 0 spiro atoms. The molecule has 0 aliphatic rings. The Morgan fingerprint density at radius 1 is 0.211 bits per heavy atom. The molecule has 0 atom stereocenters. The first-order valence-corrected chi connectivity index (χ1v) is 32.9. The number of para-hydroxylation sites is 3. The van der Waals surface area contributed by atoms with E-state index in [1.807, 2.05) is 34.0 Å². The van der Waals surface area contributed by atoms with Crippen LogP contribution in [0.4, 0.5) is 0 Å². The zero-order chi connectivity index (χ0) is 58.7. The van der Waals surface area contributed by atoms with E-state index in [9.17, 15) is 0 Å². The predicted octanol–water partition coefficient (Wildman–Crippen LogP) is 23.5. The fourth-order valence-corrected chi connectivity index (χ4v) is 17.7. The monoisotopic (exact) mass is 1200 g/mol. The highest BCUT2D eigenvalue weighted by atomic mass is 32.1. The van der Waals surface area contributed by atoms with Crippen molar-refractivity contribution in [1.82, 2.24) is 23.7 Å². The van der Waals surface area contributed by atoms with Crippen molar-refractivity contribution in [3.8, 4) is 62.1 Å². The Hall–Kier alpha value is -11.0. The van der Waals surface area contributed by atoms with Crippen molar-refractivity contribution >= 4 is 160 Å². The van der Waals surface area contributed by atoms with E-state index in [0.717, 1.165) is 77.4 Å². The summed E-state index contributed by atoms with van der Waals surface area (Å²) < 4.78 is 14.9. The molecule has 0 aliphatic carbocycles. The fourth-order valence-electron chi connectivity index (χ4n) is 14.5. The fraction of sp³-hybridized carbons (Fsp3) is 0. The van der Waals surface area contributed by atoms with E-state index < -0.39 is 0 Å². The summed E-state index contributed by atoms with van der Waals surface area (Å²) in [6.45, 7) is 0. The van der Waals surface area contributed by atoms with Gasteiger partial charge in [0.15, 0.2) is 0 Å². The highest BCUT2D eigenvalue weighted by Gasteiger charge is 2.22. The topological polar surface area (TPSA) is 40.6 Å². The van der Waals surface area contributed by atoms with Crippen LogP contribution in [-0.2, 0) is 0 Å². The van der Waals surface area contributed by atoms with Gasteiger partial charge in [-0.05, 0) is 155 Å². The van der Waals surface area contributed by atoms with Crippen LogP contribution in [0, 0.1) is 0 Å². The van der Waals surface area contributed by atoms with Crippen molar-refractivity contribution in [3.05, 3.63) is 285 Å². The first-order chi connectivity index (χ1) is 44.6. The number of benzene rings is 13. The molecular formula is C82H47N5S3. The third kappa shape index (κ3) is 7.53. The van der Waals surface area contributed by atoms with Crippen molar-refractivity contribution in [2.75, 3.05) is 0 Å². The average molecular weight is 1200 g/mol. The van der Waals surface area contributed by atoms with Crippen LogP contribution in [0.5, 0.6) is 0 Å². The molecule has 0 bridgehead atoms. The van der Waals surface area contributed by atoms with Gasteiger partial charge >= 0.3 is 0 Å². The Kier molecular flexibility index (Phi) is 10.7. The summed E-state index contributed by atoms with van der Waals surface area (Å²) in [6.07, 6.45) is 0. The smallest absolute Gasteiger partial charge is 0.237 e. The maximum atomic E-state index is 5.71.